The SMILES string of the molecule is CCc1cc(C(=O)Nc2ccccc2CCN(C)C)n(C)n1. The van der Waals surface area contributed by atoms with E-state index in [9.17, 15) is 4.79 Å². The molecule has 5 heteroatoms. The summed E-state index contributed by atoms with van der Waals surface area (Å²) in [6.07, 6.45) is 1.72. The van der Waals surface area contributed by atoms with E-state index >= 15 is 0 Å². The van der Waals surface area contributed by atoms with Crippen LogP contribution < -0.4 is 5.32 Å². The zero-order valence-corrected chi connectivity index (χ0v) is 13.8. The minimum absolute atomic E-state index is 0.119. The highest BCUT2D eigenvalue weighted by atomic mass is 16.2. The van der Waals surface area contributed by atoms with E-state index in [4.69, 9.17) is 0 Å². The summed E-state index contributed by atoms with van der Waals surface area (Å²) in [5, 5.41) is 7.33. The van der Waals surface area contributed by atoms with Gasteiger partial charge in [-0.1, -0.05) is 25.1 Å². The molecular formula is C17H24N4O. The molecule has 2 rings (SSSR count). The number of benzene rings is 1. The number of carbonyl (C=O) groups excluding carboxylic acids is 1. The number of nitrogens with zero attached hydrogens (tertiary/aromatic N) is 3. The van der Waals surface area contributed by atoms with Gasteiger partial charge in [0.05, 0.1) is 5.69 Å². The maximum Gasteiger partial charge on any atom is 0.273 e. The third-order valence-electron chi connectivity index (χ3n) is 3.62. The molecule has 22 heavy (non-hydrogen) atoms. The Morgan fingerprint density at radius 2 is 2.05 bits per heavy atom. The van der Waals surface area contributed by atoms with Gasteiger partial charge in [-0.2, -0.15) is 5.10 Å². The average molecular weight is 300 g/mol. The van der Waals surface area contributed by atoms with Crippen molar-refractivity contribution in [3.63, 3.8) is 0 Å². The van der Waals surface area contributed by atoms with Crippen molar-refractivity contribution < 1.29 is 4.79 Å². The molecule has 0 saturated heterocycles. The molecule has 1 heterocycles. The highest BCUT2D eigenvalue weighted by Crippen LogP contribution is 2.17. The second kappa shape index (κ2) is 7.22. The van der Waals surface area contributed by atoms with Gasteiger partial charge in [0.15, 0.2) is 0 Å². The second-order valence-corrected chi connectivity index (χ2v) is 5.66. The van der Waals surface area contributed by atoms with Crippen LogP contribution in [0.1, 0.15) is 28.7 Å². The Labute approximate surface area is 131 Å². The van der Waals surface area contributed by atoms with Crippen molar-refractivity contribution >= 4 is 11.6 Å². The zero-order valence-electron chi connectivity index (χ0n) is 13.8. The highest BCUT2D eigenvalue weighted by Gasteiger charge is 2.14. The topological polar surface area (TPSA) is 50.2 Å². The van der Waals surface area contributed by atoms with Crippen molar-refractivity contribution in [3.05, 3.63) is 47.3 Å². The summed E-state index contributed by atoms with van der Waals surface area (Å²) < 4.78 is 1.64. The monoisotopic (exact) mass is 300 g/mol. The largest absolute Gasteiger partial charge is 0.320 e. The molecule has 0 fully saturated rings. The van der Waals surface area contributed by atoms with Gasteiger partial charge in [-0.25, -0.2) is 0 Å². The molecule has 0 aliphatic carbocycles. The third kappa shape index (κ3) is 3.95. The zero-order chi connectivity index (χ0) is 16.1. The van der Waals surface area contributed by atoms with Crippen molar-refractivity contribution in [3.8, 4) is 0 Å². The van der Waals surface area contributed by atoms with Crippen LogP contribution in [-0.4, -0.2) is 41.2 Å². The van der Waals surface area contributed by atoms with Crippen molar-refractivity contribution in [1.82, 2.24) is 14.7 Å². The molecule has 1 aromatic heterocycles. The molecule has 0 aliphatic rings. The summed E-state index contributed by atoms with van der Waals surface area (Å²) in [4.78, 5) is 14.6. The van der Waals surface area contributed by atoms with E-state index in [1.807, 2.05) is 45.3 Å². The molecule has 0 unspecified atom stereocenters. The Bertz CT molecular complexity index is 646. The minimum Gasteiger partial charge on any atom is -0.320 e. The number of hydrogen-bond acceptors (Lipinski definition) is 3. The Balaban J connectivity index is 2.15. The molecule has 0 radical (unpaired) electrons. The van der Waals surface area contributed by atoms with Crippen LogP contribution in [0.3, 0.4) is 0 Å². The molecule has 1 aromatic carbocycles. The number of carbonyl (C=O) groups is 1. The second-order valence-electron chi connectivity index (χ2n) is 5.66. The lowest BCUT2D eigenvalue weighted by Crippen LogP contribution is -2.19. The first-order valence-corrected chi connectivity index (χ1v) is 7.58. The molecule has 1 amide bonds. The Kier molecular flexibility index (Phi) is 5.33. The van der Waals surface area contributed by atoms with Crippen LogP contribution in [0.4, 0.5) is 5.69 Å². The summed E-state index contributed by atoms with van der Waals surface area (Å²) in [5.41, 5.74) is 3.52. The van der Waals surface area contributed by atoms with E-state index in [0.29, 0.717) is 5.69 Å². The van der Waals surface area contributed by atoms with E-state index in [2.05, 4.69) is 21.4 Å². The van der Waals surface area contributed by atoms with Gasteiger partial charge < -0.3 is 10.2 Å². The Morgan fingerprint density at radius 3 is 2.68 bits per heavy atom. The van der Waals surface area contributed by atoms with E-state index in [1.165, 1.54) is 0 Å². The van der Waals surface area contributed by atoms with Gasteiger partial charge in [0.1, 0.15) is 5.69 Å². The smallest absolute Gasteiger partial charge is 0.273 e. The van der Waals surface area contributed by atoms with E-state index in [1.54, 1.807) is 11.7 Å². The summed E-state index contributed by atoms with van der Waals surface area (Å²) >= 11 is 0. The minimum atomic E-state index is -0.119. The third-order valence-corrected chi connectivity index (χ3v) is 3.62. The van der Waals surface area contributed by atoms with Crippen LogP contribution in [0.5, 0.6) is 0 Å². The predicted molar refractivity (Wildman–Crippen MR) is 89.2 cm³/mol. The Hall–Kier alpha value is -2.14. The molecule has 5 nitrogen and oxygen atoms in total. The lowest BCUT2D eigenvalue weighted by molar-refractivity contribution is 0.101. The highest BCUT2D eigenvalue weighted by molar-refractivity contribution is 6.03. The molecule has 2 aromatic rings. The van der Waals surface area contributed by atoms with E-state index in [-0.39, 0.29) is 5.91 Å². The van der Waals surface area contributed by atoms with Gasteiger partial charge in [0.25, 0.3) is 5.91 Å². The fourth-order valence-corrected chi connectivity index (χ4v) is 2.30. The summed E-state index contributed by atoms with van der Waals surface area (Å²) in [5.74, 6) is -0.119. The molecule has 0 spiro atoms. The lowest BCUT2D eigenvalue weighted by Gasteiger charge is -2.13. The molecule has 0 atom stereocenters. The van der Waals surface area contributed by atoms with Crippen molar-refractivity contribution in [2.24, 2.45) is 7.05 Å². The number of likely N-dealkylation sites (N-methyl/N-ethyl adjacent to an activating group) is 1. The molecule has 118 valence electrons. The molecule has 1 N–H and O–H groups in total. The number of aryl methyl sites for hydroxylation is 2. The van der Waals surface area contributed by atoms with Crippen LogP contribution in [0.15, 0.2) is 30.3 Å². The van der Waals surface area contributed by atoms with Crippen LogP contribution in [-0.2, 0) is 19.9 Å². The first kappa shape index (κ1) is 16.2. The molecule has 0 saturated carbocycles. The van der Waals surface area contributed by atoms with Gasteiger partial charge in [-0.15, -0.1) is 0 Å². The van der Waals surface area contributed by atoms with Gasteiger partial charge in [-0.3, -0.25) is 9.48 Å². The Morgan fingerprint density at radius 1 is 1.32 bits per heavy atom. The maximum atomic E-state index is 12.5. The first-order chi connectivity index (χ1) is 10.5. The van der Waals surface area contributed by atoms with Gasteiger partial charge in [0, 0.05) is 19.3 Å². The number of rotatable bonds is 6. The summed E-state index contributed by atoms with van der Waals surface area (Å²) in [6, 6.07) is 9.78. The fourth-order valence-electron chi connectivity index (χ4n) is 2.30. The number of para-hydroxylation sites is 1. The van der Waals surface area contributed by atoms with Crippen LogP contribution in [0.25, 0.3) is 0 Å². The van der Waals surface area contributed by atoms with Gasteiger partial charge in [0.2, 0.25) is 0 Å². The van der Waals surface area contributed by atoms with Crippen LogP contribution in [0.2, 0.25) is 0 Å². The fraction of sp³-hybridized carbons (Fsp3) is 0.412. The number of nitrogens with one attached hydrogen (secondary N) is 1. The number of amides is 1. The lowest BCUT2D eigenvalue weighted by atomic mass is 10.1. The van der Waals surface area contributed by atoms with Crippen molar-refractivity contribution in [1.29, 1.82) is 0 Å². The quantitative estimate of drug-likeness (QED) is 0.891. The first-order valence-electron chi connectivity index (χ1n) is 7.58. The van der Waals surface area contributed by atoms with Gasteiger partial charge in [-0.05, 0) is 44.6 Å². The van der Waals surface area contributed by atoms with Crippen molar-refractivity contribution in [2.45, 2.75) is 19.8 Å². The standard InChI is InChI=1S/C17H24N4O/c1-5-14-12-16(21(4)19-14)17(22)18-15-9-7-6-8-13(15)10-11-20(2)3/h6-9,12H,5,10-11H2,1-4H3,(H,18,22). The number of anilines is 1. The average Bonchev–Trinajstić information content (AvgIpc) is 2.87. The summed E-state index contributed by atoms with van der Waals surface area (Å²) in [7, 11) is 5.89. The van der Waals surface area contributed by atoms with Gasteiger partial charge >= 0.3 is 0 Å². The molecular weight excluding hydrogens is 276 g/mol. The van der Waals surface area contributed by atoms with E-state index < -0.39 is 0 Å². The maximum absolute atomic E-state index is 12.5. The molecule has 0 aliphatic heterocycles. The summed E-state index contributed by atoms with van der Waals surface area (Å²) in [6.45, 7) is 2.97. The van der Waals surface area contributed by atoms with Crippen molar-refractivity contribution in [2.75, 3.05) is 26.0 Å². The number of hydrogen-bond donors (Lipinski definition) is 1. The van der Waals surface area contributed by atoms with Crippen LogP contribution in [0, 0.1) is 0 Å². The number of aromatic nitrogens is 2. The predicted octanol–water partition coefficient (Wildman–Crippen LogP) is 2.34. The van der Waals surface area contributed by atoms with Crippen LogP contribution >= 0.6 is 0 Å². The molecule has 0 bridgehead atoms. The van der Waals surface area contributed by atoms with E-state index in [0.717, 1.165) is 36.3 Å². The normalized spacial score (nSPS) is 11.0.